The molecule has 840 valence electrons. The number of ether oxygens (including phenoxy) is 7. The van der Waals surface area contributed by atoms with Crippen LogP contribution in [0.1, 0.15) is 319 Å². The Hall–Kier alpha value is -2.69. The summed E-state index contributed by atoms with van der Waals surface area (Å²) in [5, 5.41) is 19.9. The van der Waals surface area contributed by atoms with Crippen LogP contribution in [0.5, 0.6) is 0 Å². The SMILES string of the molecule is C=P(O)(OCC1CC(OC(C)C)CN1C(C)C)OC1CC(CC)N(C(C)C)C1.CC(C)NC1CC(COP(=O)(O)OCC(COP(=O)(O)OCC2CC(NC(C)C)CN2C(C)C)OC(C)C)N(C(C)C)C1.CC(C)NCC(=O)N1C[C@H](OC(C)C)C[C@H]1COC(C)C.CC(C)NCCC(=O)NC1CC(COC(C)C)N(C(=O)CCNC(C)C)C1.CC(C)OC[C@@H]1C[C@@H](OC(C)C)CN1C(=O)CC(=O)C(C)C.[HH].[HH].[HH].[HH]. The van der Waals surface area contributed by atoms with Crippen LogP contribution in [-0.4, -0.2) is 391 Å². The van der Waals surface area contributed by atoms with Crippen molar-refractivity contribution in [3.63, 3.8) is 0 Å². The minimum Gasteiger partial charge on any atom is -0.377 e. The Labute approximate surface area is 860 Å². The second-order valence-electron chi connectivity index (χ2n) is 44.4. The van der Waals surface area contributed by atoms with Gasteiger partial charge in [-0.25, -0.2) is 9.13 Å². The number of hydrogen-bond acceptors (Lipinski definition) is 30. The van der Waals surface area contributed by atoms with Gasteiger partial charge in [-0.1, -0.05) is 90.0 Å². The molecule has 7 aliphatic rings. The Bertz CT molecular complexity index is 3570. The number of phosphoric acid groups is 2. The zero-order valence-electron chi connectivity index (χ0n) is 94.2. The molecule has 0 aliphatic carbocycles. The number of ketones is 1. The van der Waals surface area contributed by atoms with Crippen LogP contribution >= 0.6 is 23.2 Å². The molecule has 7 aliphatic heterocycles. The van der Waals surface area contributed by atoms with E-state index in [4.69, 9.17) is 60.3 Å². The minimum atomic E-state index is -4.43. The average Bonchev–Trinajstić information content (AvgIpc) is 1.72. The lowest BCUT2D eigenvalue weighted by molar-refractivity contribution is -0.138. The molecule has 0 spiro atoms. The predicted molar refractivity (Wildman–Crippen MR) is 573 cm³/mol. The molecule has 0 bridgehead atoms. The van der Waals surface area contributed by atoms with E-state index in [2.05, 4.69) is 189 Å². The Kier molecular flexibility index (Phi) is 62.8. The van der Waals surface area contributed by atoms with Crippen molar-refractivity contribution in [2.45, 2.75) is 501 Å². The molecule has 141 heavy (non-hydrogen) atoms. The van der Waals surface area contributed by atoms with E-state index in [1.807, 2.05) is 107 Å². The van der Waals surface area contributed by atoms with Gasteiger partial charge in [-0.05, 0) is 210 Å². The molecule has 7 saturated heterocycles. The van der Waals surface area contributed by atoms with E-state index in [1.54, 1.807) is 18.7 Å². The van der Waals surface area contributed by atoms with Crippen LogP contribution in [-0.2, 0) is 93.4 Å². The second-order valence-corrected chi connectivity index (χ2v) is 49.1. The van der Waals surface area contributed by atoms with Crippen LogP contribution in [0, 0.1) is 5.92 Å². The van der Waals surface area contributed by atoms with Crippen molar-refractivity contribution in [2.75, 3.05) is 118 Å². The molecule has 9 N–H and O–H groups in total. The van der Waals surface area contributed by atoms with Gasteiger partial charge in [-0.15, -0.1) is 0 Å². The van der Waals surface area contributed by atoms with Gasteiger partial charge in [0.05, 0.1) is 151 Å². The number of nitrogens with one attached hydrogen (secondary N) is 6. The fourth-order valence-electron chi connectivity index (χ4n) is 18.9. The molecule has 39 heteroatoms. The molecule has 7 rings (SSSR count). The number of amides is 4. The van der Waals surface area contributed by atoms with E-state index < -0.39 is 29.3 Å². The van der Waals surface area contributed by atoms with E-state index in [0.29, 0.717) is 127 Å². The van der Waals surface area contributed by atoms with Crippen molar-refractivity contribution in [2.24, 2.45) is 5.92 Å². The topological polar surface area (TPSA) is 395 Å². The highest BCUT2D eigenvalue weighted by atomic mass is 31.2. The van der Waals surface area contributed by atoms with Gasteiger partial charge in [-0.3, -0.25) is 61.7 Å². The first-order valence-corrected chi connectivity index (χ1v) is 58.3. The Morgan fingerprint density at radius 2 is 0.723 bits per heavy atom. The molecule has 0 aromatic rings. The van der Waals surface area contributed by atoms with Gasteiger partial charge >= 0.3 is 15.6 Å². The van der Waals surface area contributed by atoms with Crippen LogP contribution in [0.25, 0.3) is 0 Å². The fourth-order valence-corrected chi connectivity index (χ4v) is 21.5. The highest BCUT2D eigenvalue weighted by Crippen LogP contribution is 2.49. The summed E-state index contributed by atoms with van der Waals surface area (Å²) in [5.74, 6) is 0.0642. The molecule has 7 heterocycles. The molecule has 4 amide bonds. The molecule has 0 radical (unpaired) electrons. The van der Waals surface area contributed by atoms with E-state index in [1.165, 1.54) is 0 Å². The number of likely N-dealkylation sites (tertiary alicyclic amines) is 7. The Balaban J connectivity index is 0. The Morgan fingerprint density at radius 3 is 1.11 bits per heavy atom. The molecule has 7 fully saturated rings. The summed E-state index contributed by atoms with van der Waals surface area (Å²) in [6.07, 6.45) is 11.8. The summed E-state index contributed by atoms with van der Waals surface area (Å²) in [5.41, 5.74) is 0. The number of carbonyl (C=O) groups is 5. The predicted octanol–water partition coefficient (Wildman–Crippen LogP) is 14.0. The van der Waals surface area contributed by atoms with Crippen molar-refractivity contribution in [1.82, 2.24) is 66.2 Å². The smallest absolute Gasteiger partial charge is 0.377 e. The lowest BCUT2D eigenvalue weighted by atomic mass is 10.1. The molecule has 0 aromatic carbocycles. The molecular formula is C102H214N13O23P3. The quantitative estimate of drug-likeness (QED) is 0.0202. The number of Topliss-reactive ketones (excluding diaryl/α,β-unsaturated/α-hetero) is 1. The third-order valence-electron chi connectivity index (χ3n) is 25.1. The second kappa shape index (κ2) is 66.9. The number of hydrogen-bond donors (Lipinski definition) is 9. The summed E-state index contributed by atoms with van der Waals surface area (Å²) in [6.45, 7) is 79.8. The van der Waals surface area contributed by atoms with Gasteiger partial charge in [0, 0.05) is 180 Å². The standard InChI is InChI=1S/C28H60N4O9P2.C21H43N2O4P.C20H40N4O3.C17H31NO4.C16H32N2O3.4H2/c1-19(2)29-24-11-26(31(13-24)21(5)6)15-37-42(33,34)39-17-28(41-23(9)10)18-40-43(35,36)38-16-27-12-25(30-20(3)4)14-32(27)22(7)8;1-9-18-10-21(13-22(18)15(2)3)27-28(8,24)25-14-19-11-20(26-17(6)7)12-23(19)16(4)5;1-14(2)21-9-7-19(25)23-17-11-18(13-27-16(5)6)24(12-17)20(26)8-10-22-15(3)4;1-11(2)16(19)8-17(20)18-9-15(22-13(5)6)7-14(18)10-21-12(3)4;1-11(2)17-8-16(19)18-9-15(21-13(5)6)7-14(18)10-20-12(3)4;;;;/h19-30H,11-18H2,1-10H3,(H,33,34)(H,35,36);15-21,24H,8-14H2,1-7H3;14-18,21-22H,7-13H2,1-6H3,(H,23,25);11-15H,7-10H2,1-6H3;11-15,17H,7-10H2,1-6H3;4*1H/t;;;2*14-,15+;;;;/m...00..../s1. The van der Waals surface area contributed by atoms with Crippen molar-refractivity contribution in [3.05, 3.63) is 0 Å². The maximum absolute atomic E-state index is 12.8. The van der Waals surface area contributed by atoms with E-state index in [-0.39, 0.29) is 207 Å². The third kappa shape index (κ3) is 54.7. The largest absolute Gasteiger partial charge is 0.472 e. The fraction of sp³-hybridized carbons (Fsp3) is 0.941. The maximum atomic E-state index is 12.8. The highest BCUT2D eigenvalue weighted by Gasteiger charge is 2.45. The van der Waals surface area contributed by atoms with Crippen LogP contribution < -0.4 is 31.9 Å². The summed E-state index contributed by atoms with van der Waals surface area (Å²) in [4.78, 5) is 108. The number of phosphoric ester groups is 2. The van der Waals surface area contributed by atoms with Crippen molar-refractivity contribution >= 4 is 58.9 Å². The summed E-state index contributed by atoms with van der Waals surface area (Å²) < 4.78 is 99.4. The van der Waals surface area contributed by atoms with Crippen molar-refractivity contribution in [3.8, 4) is 0 Å². The summed E-state index contributed by atoms with van der Waals surface area (Å²) in [6, 6.07) is 4.45. The molecule has 36 nitrogen and oxygen atoms in total. The van der Waals surface area contributed by atoms with Gasteiger partial charge in [0.25, 0.3) is 0 Å². The first-order valence-electron chi connectivity index (χ1n) is 53.5. The summed E-state index contributed by atoms with van der Waals surface area (Å²) >= 11 is 0. The van der Waals surface area contributed by atoms with E-state index in [9.17, 15) is 47.8 Å². The lowest BCUT2D eigenvalue weighted by Crippen LogP contribution is -2.44. The average molecular weight is 2080 g/mol. The van der Waals surface area contributed by atoms with Crippen LogP contribution in [0.2, 0.25) is 0 Å². The minimum absolute atomic E-state index is 0. The monoisotopic (exact) mass is 2080 g/mol. The first kappa shape index (κ1) is 132. The van der Waals surface area contributed by atoms with E-state index in [0.717, 1.165) is 77.5 Å². The van der Waals surface area contributed by atoms with Gasteiger partial charge in [0.2, 0.25) is 31.2 Å². The van der Waals surface area contributed by atoms with Gasteiger partial charge in [0.15, 0.2) is 0 Å². The molecule has 0 aromatic heterocycles. The van der Waals surface area contributed by atoms with Crippen LogP contribution in [0.4, 0.5) is 0 Å². The maximum Gasteiger partial charge on any atom is 0.472 e. The van der Waals surface area contributed by atoms with Crippen LogP contribution in [0.15, 0.2) is 0 Å². The van der Waals surface area contributed by atoms with E-state index >= 15 is 0 Å². The Morgan fingerprint density at radius 1 is 0.369 bits per heavy atom. The van der Waals surface area contributed by atoms with Gasteiger partial charge in [0.1, 0.15) is 11.9 Å². The first-order chi connectivity index (χ1) is 65.6. The number of nitrogens with zero attached hydrogens (tertiary/aromatic N) is 7. The third-order valence-corrected chi connectivity index (χ3v) is 28.2. The normalized spacial score (nSPS) is 25.5. The molecular weight excluding hydrogens is 1870 g/mol. The van der Waals surface area contributed by atoms with Crippen molar-refractivity contribution < 1.29 is 114 Å². The molecule has 17 atom stereocenters. The van der Waals surface area contributed by atoms with Crippen LogP contribution in [0.3, 0.4) is 0 Å². The van der Waals surface area contributed by atoms with Gasteiger partial charge in [-0.2, -0.15) is 0 Å². The summed E-state index contributed by atoms with van der Waals surface area (Å²) in [7, 11) is -11.9. The zero-order valence-corrected chi connectivity index (χ0v) is 96.9. The lowest BCUT2D eigenvalue weighted by Gasteiger charge is -2.30. The highest BCUT2D eigenvalue weighted by molar-refractivity contribution is 7.58. The molecule has 13 unspecified atom stereocenters. The van der Waals surface area contributed by atoms with Gasteiger partial charge < -0.3 is 103 Å². The zero-order chi connectivity index (χ0) is 107. The van der Waals surface area contributed by atoms with Crippen molar-refractivity contribution in [1.29, 1.82) is 0 Å². The number of rotatable bonds is 58. The number of carbonyl (C=O) groups excluding carboxylic acids is 5. The molecule has 0 saturated carbocycles.